The first-order valence-electron chi connectivity index (χ1n) is 8.13. The number of aromatic nitrogens is 1. The third-order valence-corrected chi connectivity index (χ3v) is 5.45. The summed E-state index contributed by atoms with van der Waals surface area (Å²) in [5.74, 6) is 0.632. The number of piperidine rings is 1. The molecule has 0 N–H and O–H groups in total. The van der Waals surface area contributed by atoms with Crippen LogP contribution in [0.1, 0.15) is 41.7 Å². The fourth-order valence-corrected chi connectivity index (χ4v) is 4.05. The molecule has 3 nitrogen and oxygen atoms in total. The molecule has 1 amide bonds. The number of thiazole rings is 1. The number of amides is 1. The highest BCUT2D eigenvalue weighted by Crippen LogP contribution is 2.31. The Hall–Kier alpha value is -1.94. The summed E-state index contributed by atoms with van der Waals surface area (Å²) in [5.41, 5.74) is 1.08. The number of rotatable bonds is 5. The van der Waals surface area contributed by atoms with E-state index in [9.17, 15) is 4.79 Å². The Balaban J connectivity index is 1.66. The molecule has 4 heteroatoms. The molecule has 1 aliphatic rings. The molecule has 120 valence electrons. The molecule has 1 fully saturated rings. The lowest BCUT2D eigenvalue weighted by Crippen LogP contribution is -2.40. The van der Waals surface area contributed by atoms with Crippen molar-refractivity contribution < 1.29 is 4.79 Å². The van der Waals surface area contributed by atoms with Gasteiger partial charge in [0, 0.05) is 30.6 Å². The molecule has 0 bridgehead atoms. The molecule has 23 heavy (non-hydrogen) atoms. The zero-order valence-electron chi connectivity index (χ0n) is 13.2. The molecular weight excluding hydrogens is 304 g/mol. The first-order chi connectivity index (χ1) is 11.3. The van der Waals surface area contributed by atoms with Crippen LogP contribution >= 0.6 is 11.3 Å². The van der Waals surface area contributed by atoms with Crippen LogP contribution in [0.15, 0.2) is 54.6 Å². The SMILES string of the molecule is C=CC[C@H](C(=O)N1CCC(c2nccs2)CC1)c1ccccc1. The summed E-state index contributed by atoms with van der Waals surface area (Å²) in [7, 11) is 0. The number of likely N-dealkylation sites (tertiary alicyclic amines) is 1. The van der Waals surface area contributed by atoms with E-state index in [4.69, 9.17) is 0 Å². The highest BCUT2D eigenvalue weighted by atomic mass is 32.1. The van der Waals surface area contributed by atoms with Gasteiger partial charge in [0.05, 0.1) is 10.9 Å². The third-order valence-electron chi connectivity index (χ3n) is 4.51. The van der Waals surface area contributed by atoms with E-state index < -0.39 is 0 Å². The fraction of sp³-hybridized carbons (Fsp3) is 0.368. The molecule has 0 saturated carbocycles. The Labute approximate surface area is 141 Å². The zero-order valence-corrected chi connectivity index (χ0v) is 14.0. The number of allylic oxidation sites excluding steroid dienone is 1. The van der Waals surface area contributed by atoms with Crippen molar-refractivity contribution in [1.29, 1.82) is 0 Å². The average Bonchev–Trinajstić information content (AvgIpc) is 3.15. The van der Waals surface area contributed by atoms with Gasteiger partial charge >= 0.3 is 0 Å². The number of carbonyl (C=O) groups excluding carboxylic acids is 1. The van der Waals surface area contributed by atoms with Crippen LogP contribution in [0.3, 0.4) is 0 Å². The van der Waals surface area contributed by atoms with Gasteiger partial charge in [0.25, 0.3) is 0 Å². The standard InChI is InChI=1S/C19H22N2OS/c1-2-6-17(15-7-4-3-5-8-15)19(22)21-12-9-16(10-13-21)18-20-11-14-23-18/h2-5,7-8,11,14,16-17H,1,6,9-10,12-13H2/t17-/m0/s1. The Morgan fingerprint density at radius 1 is 1.35 bits per heavy atom. The molecule has 1 aromatic carbocycles. The second-order valence-corrected chi connectivity index (χ2v) is 6.88. The van der Waals surface area contributed by atoms with E-state index in [1.54, 1.807) is 11.3 Å². The van der Waals surface area contributed by atoms with E-state index in [1.807, 2.05) is 52.9 Å². The van der Waals surface area contributed by atoms with Crippen molar-refractivity contribution in [3.8, 4) is 0 Å². The maximum Gasteiger partial charge on any atom is 0.230 e. The van der Waals surface area contributed by atoms with E-state index >= 15 is 0 Å². The number of nitrogens with zero attached hydrogens (tertiary/aromatic N) is 2. The van der Waals surface area contributed by atoms with Gasteiger partial charge in [0.1, 0.15) is 0 Å². The molecular formula is C19H22N2OS. The summed E-state index contributed by atoms with van der Waals surface area (Å²) in [6, 6.07) is 10.0. The normalized spacial score (nSPS) is 17.0. The largest absolute Gasteiger partial charge is 0.342 e. The van der Waals surface area contributed by atoms with E-state index in [-0.39, 0.29) is 11.8 Å². The van der Waals surface area contributed by atoms with E-state index in [0.717, 1.165) is 31.5 Å². The molecule has 0 spiro atoms. The maximum absolute atomic E-state index is 12.9. The van der Waals surface area contributed by atoms with Gasteiger partial charge in [-0.15, -0.1) is 17.9 Å². The van der Waals surface area contributed by atoms with Gasteiger partial charge in [0.15, 0.2) is 0 Å². The lowest BCUT2D eigenvalue weighted by molar-refractivity contribution is -0.133. The molecule has 0 unspecified atom stereocenters. The van der Waals surface area contributed by atoms with Gasteiger partial charge in [0.2, 0.25) is 5.91 Å². The molecule has 0 aliphatic carbocycles. The number of hydrogen-bond donors (Lipinski definition) is 0. The Kier molecular flexibility index (Phi) is 5.23. The Morgan fingerprint density at radius 2 is 2.09 bits per heavy atom. The number of carbonyl (C=O) groups is 1. The summed E-state index contributed by atoms with van der Waals surface area (Å²) in [4.78, 5) is 19.4. The maximum atomic E-state index is 12.9. The predicted octanol–water partition coefficient (Wildman–Crippen LogP) is 4.21. The molecule has 0 radical (unpaired) electrons. The minimum absolute atomic E-state index is 0.106. The highest BCUT2D eigenvalue weighted by molar-refractivity contribution is 7.09. The molecule has 2 aromatic rings. The number of benzene rings is 1. The Morgan fingerprint density at radius 3 is 2.70 bits per heavy atom. The summed E-state index contributed by atoms with van der Waals surface area (Å²) < 4.78 is 0. The zero-order chi connectivity index (χ0) is 16.1. The van der Waals surface area contributed by atoms with Crippen LogP contribution in [0, 0.1) is 0 Å². The first kappa shape index (κ1) is 15.9. The van der Waals surface area contributed by atoms with E-state index in [0.29, 0.717) is 12.3 Å². The van der Waals surface area contributed by atoms with Crippen LogP contribution in [-0.4, -0.2) is 28.9 Å². The van der Waals surface area contributed by atoms with Gasteiger partial charge in [-0.3, -0.25) is 4.79 Å². The van der Waals surface area contributed by atoms with Crippen LogP contribution in [-0.2, 0) is 4.79 Å². The number of hydrogen-bond acceptors (Lipinski definition) is 3. The highest BCUT2D eigenvalue weighted by Gasteiger charge is 2.29. The van der Waals surface area contributed by atoms with Crippen molar-refractivity contribution in [3.05, 3.63) is 65.1 Å². The van der Waals surface area contributed by atoms with Crippen molar-refractivity contribution in [1.82, 2.24) is 9.88 Å². The molecule has 1 aromatic heterocycles. The van der Waals surface area contributed by atoms with Crippen molar-refractivity contribution in [3.63, 3.8) is 0 Å². The Bertz CT molecular complexity index is 631. The first-order valence-corrected chi connectivity index (χ1v) is 9.01. The van der Waals surface area contributed by atoms with Crippen LogP contribution in [0.25, 0.3) is 0 Å². The second kappa shape index (κ2) is 7.55. The fourth-order valence-electron chi connectivity index (χ4n) is 3.23. The molecule has 1 saturated heterocycles. The van der Waals surface area contributed by atoms with Crippen molar-refractivity contribution in [2.45, 2.75) is 31.1 Å². The van der Waals surface area contributed by atoms with Crippen molar-refractivity contribution >= 4 is 17.2 Å². The topological polar surface area (TPSA) is 33.2 Å². The van der Waals surface area contributed by atoms with Gasteiger partial charge in [-0.05, 0) is 24.8 Å². The van der Waals surface area contributed by atoms with Crippen LogP contribution in [0.5, 0.6) is 0 Å². The van der Waals surface area contributed by atoms with Crippen LogP contribution in [0.2, 0.25) is 0 Å². The molecule has 2 heterocycles. The molecule has 1 atom stereocenters. The summed E-state index contributed by atoms with van der Waals surface area (Å²) in [5, 5.41) is 3.24. The third kappa shape index (κ3) is 3.70. The lowest BCUT2D eigenvalue weighted by Gasteiger charge is -2.33. The summed E-state index contributed by atoms with van der Waals surface area (Å²) >= 11 is 1.72. The molecule has 3 rings (SSSR count). The summed E-state index contributed by atoms with van der Waals surface area (Å²) in [6.07, 6.45) is 6.42. The van der Waals surface area contributed by atoms with Crippen molar-refractivity contribution in [2.24, 2.45) is 0 Å². The average molecular weight is 326 g/mol. The van der Waals surface area contributed by atoms with Crippen LogP contribution in [0.4, 0.5) is 0 Å². The van der Waals surface area contributed by atoms with Gasteiger partial charge in [-0.2, -0.15) is 0 Å². The molecule has 1 aliphatic heterocycles. The van der Waals surface area contributed by atoms with E-state index in [2.05, 4.69) is 11.6 Å². The quantitative estimate of drug-likeness (QED) is 0.771. The van der Waals surface area contributed by atoms with Crippen LogP contribution < -0.4 is 0 Å². The monoisotopic (exact) mass is 326 g/mol. The van der Waals surface area contributed by atoms with Gasteiger partial charge in [-0.25, -0.2) is 4.98 Å². The summed E-state index contributed by atoms with van der Waals surface area (Å²) in [6.45, 7) is 5.47. The smallest absolute Gasteiger partial charge is 0.230 e. The van der Waals surface area contributed by atoms with Gasteiger partial charge in [-0.1, -0.05) is 36.4 Å². The van der Waals surface area contributed by atoms with Crippen molar-refractivity contribution in [2.75, 3.05) is 13.1 Å². The predicted molar refractivity (Wildman–Crippen MR) is 94.7 cm³/mol. The minimum atomic E-state index is -0.106. The van der Waals surface area contributed by atoms with Gasteiger partial charge < -0.3 is 4.90 Å². The van der Waals surface area contributed by atoms with E-state index in [1.165, 1.54) is 5.01 Å². The lowest BCUT2D eigenvalue weighted by atomic mass is 9.91. The second-order valence-electron chi connectivity index (χ2n) is 5.96. The minimum Gasteiger partial charge on any atom is -0.342 e.